The molecule has 0 fully saturated rings. The molecule has 0 aliphatic heterocycles. The largest absolute Gasteiger partial charge is 0.480 e. The Morgan fingerprint density at radius 1 is 1.11 bits per heavy atom. The van der Waals surface area contributed by atoms with Crippen molar-refractivity contribution in [1.82, 2.24) is 20.3 Å². The third-order valence-corrected chi connectivity index (χ3v) is 4.63. The second kappa shape index (κ2) is 8.61. The number of hydrogen-bond acceptors (Lipinski definition) is 5. The molecule has 0 saturated heterocycles. The number of benzene rings is 1. The minimum Gasteiger partial charge on any atom is -0.480 e. The Bertz CT molecular complexity index is 971. The maximum atomic E-state index is 12.6. The van der Waals surface area contributed by atoms with Crippen molar-refractivity contribution in [3.05, 3.63) is 71.4 Å². The number of carbonyl (C=O) groups is 1. The first-order valence-corrected chi connectivity index (χ1v) is 9.17. The molecule has 1 atom stereocenters. The van der Waals surface area contributed by atoms with E-state index in [0.29, 0.717) is 17.9 Å². The van der Waals surface area contributed by atoms with E-state index >= 15 is 0 Å². The highest BCUT2D eigenvalue weighted by molar-refractivity contribution is 5.95. The number of aryl methyl sites for hydroxylation is 2. The van der Waals surface area contributed by atoms with Crippen molar-refractivity contribution in [3.8, 4) is 17.0 Å². The van der Waals surface area contributed by atoms with Gasteiger partial charge in [0.15, 0.2) is 0 Å². The fraction of sp³-hybridized carbons (Fsp3) is 0.273. The molecule has 6 nitrogen and oxygen atoms in total. The number of nitrogens with one attached hydrogen (secondary N) is 1. The first-order chi connectivity index (χ1) is 13.5. The highest BCUT2D eigenvalue weighted by atomic mass is 16.5. The van der Waals surface area contributed by atoms with E-state index in [4.69, 9.17) is 4.74 Å². The quantitative estimate of drug-likeness (QED) is 0.712. The van der Waals surface area contributed by atoms with Gasteiger partial charge in [-0.3, -0.25) is 9.78 Å². The molecule has 1 N–H and O–H groups in total. The molecule has 3 aromatic rings. The Hall–Kier alpha value is -3.28. The zero-order valence-corrected chi connectivity index (χ0v) is 16.6. The van der Waals surface area contributed by atoms with Crippen LogP contribution in [0.2, 0.25) is 0 Å². The lowest BCUT2D eigenvalue weighted by atomic mass is 10.0. The fourth-order valence-electron chi connectivity index (χ4n) is 3.11. The highest BCUT2D eigenvalue weighted by Gasteiger charge is 2.14. The van der Waals surface area contributed by atoms with Gasteiger partial charge in [0.05, 0.1) is 18.4 Å². The van der Waals surface area contributed by atoms with Crippen LogP contribution in [-0.2, 0) is 6.42 Å². The van der Waals surface area contributed by atoms with E-state index in [0.717, 1.165) is 28.1 Å². The Kier molecular flexibility index (Phi) is 5.99. The molecular formula is C22H24N4O2. The summed E-state index contributed by atoms with van der Waals surface area (Å²) < 4.78 is 5.34. The summed E-state index contributed by atoms with van der Waals surface area (Å²) >= 11 is 0. The maximum absolute atomic E-state index is 12.6. The molecule has 3 rings (SSSR count). The van der Waals surface area contributed by atoms with Gasteiger partial charge in [0.2, 0.25) is 5.88 Å². The molecule has 2 heterocycles. The van der Waals surface area contributed by atoms with Crippen molar-refractivity contribution in [2.24, 2.45) is 0 Å². The van der Waals surface area contributed by atoms with E-state index in [1.54, 1.807) is 25.4 Å². The lowest BCUT2D eigenvalue weighted by Crippen LogP contribution is -2.34. The molecule has 144 valence electrons. The van der Waals surface area contributed by atoms with Crippen LogP contribution in [0.5, 0.6) is 5.88 Å². The van der Waals surface area contributed by atoms with Crippen LogP contribution in [0, 0.1) is 13.8 Å². The number of methoxy groups -OCH3 is 1. The summed E-state index contributed by atoms with van der Waals surface area (Å²) in [6.45, 7) is 5.91. The average Bonchev–Trinajstić information content (AvgIpc) is 2.69. The van der Waals surface area contributed by atoms with Gasteiger partial charge < -0.3 is 10.1 Å². The lowest BCUT2D eigenvalue weighted by Gasteiger charge is -2.15. The summed E-state index contributed by atoms with van der Waals surface area (Å²) in [6.07, 6.45) is 3.94. The molecule has 1 amide bonds. The van der Waals surface area contributed by atoms with Crippen LogP contribution in [0.25, 0.3) is 11.1 Å². The van der Waals surface area contributed by atoms with Crippen molar-refractivity contribution in [2.75, 3.05) is 7.11 Å². The molecule has 2 aromatic heterocycles. The van der Waals surface area contributed by atoms with E-state index in [1.165, 1.54) is 6.33 Å². The zero-order chi connectivity index (χ0) is 20.1. The fourth-order valence-corrected chi connectivity index (χ4v) is 3.11. The predicted molar refractivity (Wildman–Crippen MR) is 108 cm³/mol. The lowest BCUT2D eigenvalue weighted by molar-refractivity contribution is 0.0940. The van der Waals surface area contributed by atoms with Crippen LogP contribution in [0.4, 0.5) is 0 Å². The van der Waals surface area contributed by atoms with E-state index in [-0.39, 0.29) is 11.9 Å². The number of aromatic nitrogens is 3. The van der Waals surface area contributed by atoms with Gasteiger partial charge in [-0.15, -0.1) is 0 Å². The second-order valence-electron chi connectivity index (χ2n) is 6.77. The third-order valence-electron chi connectivity index (χ3n) is 4.63. The zero-order valence-electron chi connectivity index (χ0n) is 16.6. The topological polar surface area (TPSA) is 77.0 Å². The molecule has 0 radical (unpaired) electrons. The second-order valence-corrected chi connectivity index (χ2v) is 6.77. The molecule has 0 aliphatic carbocycles. The predicted octanol–water partition coefficient (Wildman–Crippen LogP) is 3.53. The van der Waals surface area contributed by atoms with Gasteiger partial charge in [-0.2, -0.15) is 0 Å². The molecule has 1 aromatic carbocycles. The smallest absolute Gasteiger partial charge is 0.251 e. The summed E-state index contributed by atoms with van der Waals surface area (Å²) in [7, 11) is 1.58. The molecule has 0 spiro atoms. The van der Waals surface area contributed by atoms with Crippen LogP contribution in [-0.4, -0.2) is 34.0 Å². The van der Waals surface area contributed by atoms with Crippen LogP contribution in [0.15, 0.2) is 48.9 Å². The summed E-state index contributed by atoms with van der Waals surface area (Å²) in [5.74, 6) is 0.407. The van der Waals surface area contributed by atoms with Crippen LogP contribution in [0.3, 0.4) is 0 Å². The van der Waals surface area contributed by atoms with Gasteiger partial charge >= 0.3 is 0 Å². The van der Waals surface area contributed by atoms with Crippen molar-refractivity contribution in [3.63, 3.8) is 0 Å². The van der Waals surface area contributed by atoms with Crippen molar-refractivity contribution in [1.29, 1.82) is 0 Å². The number of hydrogen-bond donors (Lipinski definition) is 1. The molecular weight excluding hydrogens is 352 g/mol. The van der Waals surface area contributed by atoms with Crippen molar-refractivity contribution in [2.45, 2.75) is 33.2 Å². The van der Waals surface area contributed by atoms with Gasteiger partial charge in [-0.1, -0.05) is 18.2 Å². The Balaban J connectivity index is 1.71. The minimum atomic E-state index is -0.111. The van der Waals surface area contributed by atoms with Gasteiger partial charge in [0, 0.05) is 29.9 Å². The minimum absolute atomic E-state index is 0.0226. The van der Waals surface area contributed by atoms with Gasteiger partial charge in [0.1, 0.15) is 6.33 Å². The molecule has 6 heteroatoms. The summed E-state index contributed by atoms with van der Waals surface area (Å²) in [5, 5.41) is 3.04. The van der Waals surface area contributed by atoms with E-state index in [2.05, 4.69) is 20.3 Å². The third kappa shape index (κ3) is 4.34. The first-order valence-electron chi connectivity index (χ1n) is 9.17. The molecule has 0 saturated carbocycles. The SMILES string of the molecule is COc1ncnc(C)c1-c1ccc(C(=O)N[C@@H](C)Cc2ncccc2C)cc1. The van der Waals surface area contributed by atoms with E-state index in [1.807, 2.05) is 45.0 Å². The number of amides is 1. The Labute approximate surface area is 165 Å². The van der Waals surface area contributed by atoms with Crippen LogP contribution in [0.1, 0.15) is 34.2 Å². The highest BCUT2D eigenvalue weighted by Crippen LogP contribution is 2.30. The molecule has 0 unspecified atom stereocenters. The van der Waals surface area contributed by atoms with Gasteiger partial charge in [-0.25, -0.2) is 9.97 Å². The maximum Gasteiger partial charge on any atom is 0.251 e. The standard InChI is InChI=1S/C22H24N4O2/c1-14-6-5-11-23-19(14)12-15(2)26-21(27)18-9-7-17(8-10-18)20-16(3)24-13-25-22(20)28-4/h5-11,13,15H,12H2,1-4H3,(H,26,27)/t15-/m0/s1. The van der Waals surface area contributed by atoms with Crippen molar-refractivity contribution < 1.29 is 9.53 Å². The van der Waals surface area contributed by atoms with Gasteiger partial charge in [0.25, 0.3) is 5.91 Å². The van der Waals surface area contributed by atoms with Gasteiger partial charge in [-0.05, 0) is 50.1 Å². The number of ether oxygens (including phenoxy) is 1. The molecule has 28 heavy (non-hydrogen) atoms. The number of nitrogens with zero attached hydrogens (tertiary/aromatic N) is 3. The molecule has 0 aliphatic rings. The van der Waals surface area contributed by atoms with Crippen molar-refractivity contribution >= 4 is 5.91 Å². The summed E-state index contributed by atoms with van der Waals surface area (Å²) in [5.41, 5.74) is 5.28. The normalized spacial score (nSPS) is 11.7. The first kappa shape index (κ1) is 19.5. The summed E-state index contributed by atoms with van der Waals surface area (Å²) in [6, 6.07) is 11.3. The monoisotopic (exact) mass is 376 g/mol. The average molecular weight is 376 g/mol. The van der Waals surface area contributed by atoms with Crippen LogP contribution >= 0.6 is 0 Å². The number of carbonyl (C=O) groups excluding carboxylic acids is 1. The Morgan fingerprint density at radius 3 is 2.54 bits per heavy atom. The Morgan fingerprint density at radius 2 is 1.86 bits per heavy atom. The number of rotatable bonds is 6. The number of pyridine rings is 1. The van der Waals surface area contributed by atoms with E-state index < -0.39 is 0 Å². The molecule has 0 bridgehead atoms. The van der Waals surface area contributed by atoms with Crippen LogP contribution < -0.4 is 10.1 Å². The van der Waals surface area contributed by atoms with E-state index in [9.17, 15) is 4.79 Å². The summed E-state index contributed by atoms with van der Waals surface area (Å²) in [4.78, 5) is 25.4.